The van der Waals surface area contributed by atoms with Crippen LogP contribution in [-0.2, 0) is 6.18 Å². The first-order valence-electron chi connectivity index (χ1n) is 11.0. The van der Waals surface area contributed by atoms with Crippen LogP contribution in [0.2, 0.25) is 0 Å². The van der Waals surface area contributed by atoms with Gasteiger partial charge in [0.05, 0.1) is 5.56 Å². The number of ether oxygens (including phenoxy) is 1. The van der Waals surface area contributed by atoms with Gasteiger partial charge >= 0.3 is 12.2 Å². The van der Waals surface area contributed by atoms with Gasteiger partial charge in [0.1, 0.15) is 29.0 Å². The van der Waals surface area contributed by atoms with E-state index in [1.54, 1.807) is 24.3 Å². The molecule has 1 atom stereocenters. The molecule has 3 rings (SSSR count). The van der Waals surface area contributed by atoms with Crippen molar-refractivity contribution in [3.05, 3.63) is 106 Å². The Morgan fingerprint density at radius 2 is 1.92 bits per heavy atom. The van der Waals surface area contributed by atoms with Gasteiger partial charge in [0, 0.05) is 30.7 Å². The summed E-state index contributed by atoms with van der Waals surface area (Å²) in [6.45, 7) is 3.14. The molecule has 0 radical (unpaired) electrons. The minimum Gasteiger partial charge on any atom is -0.458 e. The van der Waals surface area contributed by atoms with Crippen LogP contribution in [0.5, 0.6) is 5.75 Å². The van der Waals surface area contributed by atoms with Crippen LogP contribution in [0.25, 0.3) is 0 Å². The van der Waals surface area contributed by atoms with E-state index in [9.17, 15) is 32.8 Å². The van der Waals surface area contributed by atoms with E-state index in [2.05, 4.69) is 32.7 Å². The molecule has 2 aromatic rings. The van der Waals surface area contributed by atoms with Gasteiger partial charge in [-0.25, -0.2) is 4.79 Å². The van der Waals surface area contributed by atoms with Crippen LogP contribution in [0.4, 0.5) is 23.7 Å². The second-order valence-electron chi connectivity index (χ2n) is 7.76. The molecule has 0 fully saturated rings. The number of halogens is 3. The topological polar surface area (TPSA) is 142 Å². The number of nitrogens with one attached hydrogen (secondary N) is 3. The Hall–Kier alpha value is -4.78. The lowest BCUT2D eigenvalue weighted by Crippen LogP contribution is -2.27. The number of pyridine rings is 1. The highest BCUT2D eigenvalue weighted by atomic mass is 19.4. The number of hydrogen-bond acceptors (Lipinski definition) is 7. The summed E-state index contributed by atoms with van der Waals surface area (Å²) in [5, 5.41) is 19.6. The summed E-state index contributed by atoms with van der Waals surface area (Å²) in [5.74, 6) is 0.407. The predicted octanol–water partition coefficient (Wildman–Crippen LogP) is 4.70. The van der Waals surface area contributed by atoms with E-state index in [1.807, 2.05) is 0 Å². The molecule has 1 aromatic heterocycles. The second-order valence-corrected chi connectivity index (χ2v) is 7.76. The van der Waals surface area contributed by atoms with Crippen LogP contribution in [0.3, 0.4) is 0 Å². The number of aromatic nitrogens is 1. The molecule has 0 spiro atoms. The quantitative estimate of drug-likeness (QED) is 0.365. The van der Waals surface area contributed by atoms with E-state index in [1.165, 1.54) is 25.4 Å². The number of carbonyl (C=O) groups is 2. The molecule has 198 valence electrons. The van der Waals surface area contributed by atoms with Crippen molar-refractivity contribution in [1.29, 1.82) is 0 Å². The van der Waals surface area contributed by atoms with Crippen molar-refractivity contribution in [1.82, 2.24) is 15.6 Å². The summed E-state index contributed by atoms with van der Waals surface area (Å²) in [6, 6.07) is 4.89. The fraction of sp³-hybridized carbons (Fsp3) is 0.160. The number of aliphatic hydroxyl groups excluding tert-OH is 1. The molecule has 1 aliphatic carbocycles. The van der Waals surface area contributed by atoms with Crippen molar-refractivity contribution in [2.45, 2.75) is 18.7 Å². The number of nitroso groups, excluding NO2 is 1. The Labute approximate surface area is 214 Å². The average molecular weight is 529 g/mol. The Morgan fingerprint density at radius 3 is 2.61 bits per heavy atom. The van der Waals surface area contributed by atoms with Gasteiger partial charge in [-0.1, -0.05) is 18.7 Å². The van der Waals surface area contributed by atoms with Crippen LogP contribution in [0.1, 0.15) is 34.1 Å². The third-order valence-electron chi connectivity index (χ3n) is 5.11. The number of aliphatic hydroxyl groups is 1. The Bertz CT molecular complexity index is 1350. The van der Waals surface area contributed by atoms with Gasteiger partial charge in [0.15, 0.2) is 0 Å². The molecule has 3 amide bonds. The SMILES string of the molecule is C=C(N=O)C(O)c1ccc(NC(=O)NC2=CCC=C(Oc3ccnc(C(=O)NC)c3)C=C2)cc1C(F)(F)F. The molecule has 1 aliphatic rings. The Balaban J connectivity index is 1.66. The molecular weight excluding hydrogens is 507 g/mol. The maximum Gasteiger partial charge on any atom is 0.416 e. The second kappa shape index (κ2) is 12.0. The van der Waals surface area contributed by atoms with Gasteiger partial charge in [-0.15, -0.1) is 4.91 Å². The highest BCUT2D eigenvalue weighted by molar-refractivity contribution is 5.92. The predicted molar refractivity (Wildman–Crippen MR) is 132 cm³/mol. The first-order valence-corrected chi connectivity index (χ1v) is 11.0. The molecule has 0 aliphatic heterocycles. The van der Waals surface area contributed by atoms with Gasteiger partial charge in [-0.2, -0.15) is 13.2 Å². The zero-order valence-corrected chi connectivity index (χ0v) is 19.9. The van der Waals surface area contributed by atoms with Crippen molar-refractivity contribution in [2.75, 3.05) is 12.4 Å². The van der Waals surface area contributed by atoms with Gasteiger partial charge in [-0.05, 0) is 53.6 Å². The number of urea groups is 1. The van der Waals surface area contributed by atoms with Crippen molar-refractivity contribution in [2.24, 2.45) is 5.18 Å². The zero-order chi connectivity index (χ0) is 27.9. The zero-order valence-electron chi connectivity index (χ0n) is 19.9. The minimum atomic E-state index is -4.89. The van der Waals surface area contributed by atoms with E-state index in [-0.39, 0.29) is 17.3 Å². The lowest BCUT2D eigenvalue weighted by atomic mass is 9.99. The fourth-order valence-corrected chi connectivity index (χ4v) is 3.28. The lowest BCUT2D eigenvalue weighted by molar-refractivity contribution is -0.138. The third kappa shape index (κ3) is 7.13. The number of nitrogens with zero attached hydrogens (tertiary/aromatic N) is 2. The molecule has 38 heavy (non-hydrogen) atoms. The normalized spacial score (nSPS) is 13.8. The van der Waals surface area contributed by atoms with Gasteiger partial charge in [0.2, 0.25) is 0 Å². The number of amides is 3. The third-order valence-corrected chi connectivity index (χ3v) is 5.11. The van der Waals surface area contributed by atoms with Crippen LogP contribution >= 0.6 is 0 Å². The summed E-state index contributed by atoms with van der Waals surface area (Å²) in [5.41, 5.74) is -2.27. The molecule has 4 N–H and O–H groups in total. The first-order chi connectivity index (χ1) is 18.0. The molecule has 1 unspecified atom stereocenters. The van der Waals surface area contributed by atoms with Gasteiger partial charge in [0.25, 0.3) is 5.91 Å². The summed E-state index contributed by atoms with van der Waals surface area (Å²) >= 11 is 0. The number of alkyl halides is 3. The van der Waals surface area contributed by atoms with E-state index < -0.39 is 35.1 Å². The molecule has 0 saturated carbocycles. The number of benzene rings is 1. The average Bonchev–Trinajstić information content (AvgIpc) is 3.11. The monoisotopic (exact) mass is 529 g/mol. The van der Waals surface area contributed by atoms with E-state index in [0.717, 1.165) is 12.1 Å². The largest absolute Gasteiger partial charge is 0.458 e. The highest BCUT2D eigenvalue weighted by Crippen LogP contribution is 2.38. The van der Waals surface area contributed by atoms with Crippen molar-refractivity contribution in [3.63, 3.8) is 0 Å². The maximum atomic E-state index is 13.5. The molecule has 10 nitrogen and oxygen atoms in total. The Kier molecular flexibility index (Phi) is 8.76. The Morgan fingerprint density at radius 1 is 1.16 bits per heavy atom. The van der Waals surface area contributed by atoms with E-state index in [0.29, 0.717) is 29.7 Å². The number of rotatable bonds is 8. The number of allylic oxidation sites excluding steroid dienone is 4. The highest BCUT2D eigenvalue weighted by Gasteiger charge is 2.36. The van der Waals surface area contributed by atoms with Crippen LogP contribution in [0, 0.1) is 4.91 Å². The lowest BCUT2D eigenvalue weighted by Gasteiger charge is -2.18. The minimum absolute atomic E-state index is 0.168. The van der Waals surface area contributed by atoms with Crippen molar-refractivity contribution >= 4 is 17.6 Å². The number of carbonyl (C=O) groups excluding carboxylic acids is 2. The summed E-state index contributed by atoms with van der Waals surface area (Å²) < 4.78 is 46.4. The molecule has 0 bridgehead atoms. The van der Waals surface area contributed by atoms with Crippen LogP contribution in [-0.4, -0.2) is 29.1 Å². The molecule has 1 heterocycles. The van der Waals surface area contributed by atoms with E-state index >= 15 is 0 Å². The summed E-state index contributed by atoms with van der Waals surface area (Å²) in [7, 11) is 1.48. The smallest absolute Gasteiger partial charge is 0.416 e. The fourth-order valence-electron chi connectivity index (χ4n) is 3.28. The molecule has 0 saturated heterocycles. The van der Waals surface area contributed by atoms with Gasteiger partial charge < -0.3 is 25.8 Å². The first kappa shape index (κ1) is 27.8. The standard InChI is InChI=1S/C25H22F3N5O5/c1-14(33-37)22(34)19-9-7-16(12-20(19)25(26,27)28)32-24(36)31-15-4-3-5-17(8-6-15)38-18-10-11-30-21(13-18)23(35)29-2/h4-13,22,34H,1,3H2,2H3,(H,29,35)(H2,31,32,36). The molecular formula is C25H22F3N5O5. The van der Waals surface area contributed by atoms with Crippen molar-refractivity contribution in [3.8, 4) is 5.75 Å². The van der Waals surface area contributed by atoms with Crippen molar-refractivity contribution < 1.29 is 32.6 Å². The summed E-state index contributed by atoms with van der Waals surface area (Å²) in [6.07, 6.45) is 1.37. The molecule has 13 heteroatoms. The van der Waals surface area contributed by atoms with Gasteiger partial charge in [-0.3, -0.25) is 9.78 Å². The van der Waals surface area contributed by atoms with Crippen LogP contribution in [0.15, 0.2) is 89.7 Å². The van der Waals surface area contributed by atoms with E-state index in [4.69, 9.17) is 4.74 Å². The maximum absolute atomic E-state index is 13.5. The van der Waals surface area contributed by atoms with Crippen LogP contribution < -0.4 is 20.7 Å². The summed E-state index contributed by atoms with van der Waals surface area (Å²) in [4.78, 5) is 38.7. The number of anilines is 1. The number of hydrogen-bond donors (Lipinski definition) is 4. The molecule has 1 aromatic carbocycles.